The number of anilines is 1. The minimum atomic E-state index is -0.898. The number of hydrogen-bond donors (Lipinski definition) is 1. The van der Waals surface area contributed by atoms with E-state index in [9.17, 15) is 14.7 Å². The molecule has 1 amide bonds. The molecule has 36 heavy (non-hydrogen) atoms. The van der Waals surface area contributed by atoms with Crippen LogP contribution in [0, 0.1) is 20.8 Å². The van der Waals surface area contributed by atoms with E-state index in [1.54, 1.807) is 31.2 Å². The van der Waals surface area contributed by atoms with Crippen LogP contribution in [-0.2, 0) is 15.0 Å². The summed E-state index contributed by atoms with van der Waals surface area (Å²) >= 11 is 0. The van der Waals surface area contributed by atoms with Gasteiger partial charge in [0.2, 0.25) is 0 Å². The number of Topliss-reactive ketones (excluding diaryl/α,β-unsaturated/α-hetero) is 1. The maximum atomic E-state index is 13.4. The van der Waals surface area contributed by atoms with Gasteiger partial charge in [-0.3, -0.25) is 14.5 Å². The molecule has 1 aromatic heterocycles. The van der Waals surface area contributed by atoms with Crippen molar-refractivity contribution in [2.24, 2.45) is 0 Å². The molecule has 1 saturated heterocycles. The minimum Gasteiger partial charge on any atom is -0.507 e. The summed E-state index contributed by atoms with van der Waals surface area (Å²) in [6.45, 7) is 14.3. The zero-order valence-electron chi connectivity index (χ0n) is 21.9. The molecular formula is C30H33NO5. The van der Waals surface area contributed by atoms with Crippen LogP contribution in [0.25, 0.3) is 5.76 Å². The lowest BCUT2D eigenvalue weighted by molar-refractivity contribution is -0.132. The fraction of sp³-hybridized carbons (Fsp3) is 0.333. The second kappa shape index (κ2) is 9.34. The molecule has 1 N–H and O–H groups in total. The lowest BCUT2D eigenvalue weighted by Gasteiger charge is -2.26. The molecule has 188 valence electrons. The molecule has 1 aliphatic rings. The number of hydrogen-bond acceptors (Lipinski definition) is 5. The van der Waals surface area contributed by atoms with Crippen LogP contribution in [-0.4, -0.2) is 23.4 Å². The van der Waals surface area contributed by atoms with E-state index in [1.807, 2.05) is 45.0 Å². The summed E-state index contributed by atoms with van der Waals surface area (Å²) in [5, 5.41) is 11.5. The molecule has 1 aliphatic heterocycles. The summed E-state index contributed by atoms with van der Waals surface area (Å²) in [6.07, 6.45) is 0. The summed E-state index contributed by atoms with van der Waals surface area (Å²) in [7, 11) is 0. The van der Waals surface area contributed by atoms with Gasteiger partial charge in [0.1, 0.15) is 29.1 Å². The zero-order chi connectivity index (χ0) is 26.4. The Morgan fingerprint density at radius 3 is 2.33 bits per heavy atom. The number of rotatable bonds is 5. The Balaban J connectivity index is 1.95. The molecule has 2 aromatic carbocycles. The Hall–Kier alpha value is -3.80. The SMILES string of the molecule is CCOc1ccc(/C(O)=C2/C(=O)C(=O)N(c3ccc(C)cc3C)C2c2ccc(C)o2)cc1C(C)(C)C. The van der Waals surface area contributed by atoms with Crippen LogP contribution in [0.5, 0.6) is 5.75 Å². The van der Waals surface area contributed by atoms with E-state index in [2.05, 4.69) is 20.8 Å². The van der Waals surface area contributed by atoms with Crippen molar-refractivity contribution in [1.29, 1.82) is 0 Å². The molecule has 0 aliphatic carbocycles. The Morgan fingerprint density at radius 1 is 1.03 bits per heavy atom. The molecule has 3 aromatic rings. The highest BCUT2D eigenvalue weighted by molar-refractivity contribution is 6.51. The van der Waals surface area contributed by atoms with Gasteiger partial charge >= 0.3 is 0 Å². The number of carbonyl (C=O) groups excluding carboxylic acids is 2. The number of ether oxygens (including phenoxy) is 1. The van der Waals surface area contributed by atoms with Crippen LogP contribution in [0.3, 0.4) is 0 Å². The summed E-state index contributed by atoms with van der Waals surface area (Å²) in [4.78, 5) is 28.3. The number of ketones is 1. The number of furan rings is 1. The fourth-order valence-corrected chi connectivity index (χ4v) is 4.73. The largest absolute Gasteiger partial charge is 0.507 e. The van der Waals surface area contributed by atoms with Gasteiger partial charge in [-0.1, -0.05) is 38.5 Å². The first-order valence-corrected chi connectivity index (χ1v) is 12.2. The van der Waals surface area contributed by atoms with E-state index in [0.29, 0.717) is 29.4 Å². The zero-order valence-corrected chi connectivity index (χ0v) is 21.9. The molecule has 2 heterocycles. The first-order chi connectivity index (χ1) is 16.9. The van der Waals surface area contributed by atoms with Gasteiger partial charge in [0, 0.05) is 16.8 Å². The molecule has 0 spiro atoms. The second-order valence-electron chi connectivity index (χ2n) is 10.3. The predicted molar refractivity (Wildman–Crippen MR) is 140 cm³/mol. The van der Waals surface area contributed by atoms with E-state index >= 15 is 0 Å². The van der Waals surface area contributed by atoms with E-state index in [0.717, 1.165) is 22.4 Å². The van der Waals surface area contributed by atoms with Crippen LogP contribution in [0.15, 0.2) is 58.5 Å². The first-order valence-electron chi connectivity index (χ1n) is 12.2. The molecule has 6 heteroatoms. The Kier molecular flexibility index (Phi) is 6.56. The molecule has 0 bridgehead atoms. The Labute approximate surface area is 212 Å². The standard InChI is InChI=1S/C30H33NO5/c1-8-35-23-14-11-20(16-21(23)30(5,6)7)27(32)25-26(24-13-10-19(4)36-24)31(29(34)28(25)33)22-12-9-17(2)15-18(22)3/h9-16,26,32H,8H2,1-7H3/b27-25-. The smallest absolute Gasteiger partial charge is 0.300 e. The number of carbonyl (C=O) groups is 2. The van der Waals surface area contributed by atoms with Crippen molar-refractivity contribution in [2.45, 2.75) is 59.9 Å². The van der Waals surface area contributed by atoms with Crippen LogP contribution < -0.4 is 9.64 Å². The second-order valence-corrected chi connectivity index (χ2v) is 10.3. The van der Waals surface area contributed by atoms with Crippen molar-refractivity contribution in [3.63, 3.8) is 0 Å². The van der Waals surface area contributed by atoms with Gasteiger partial charge in [-0.05, 0) is 75.1 Å². The van der Waals surface area contributed by atoms with Gasteiger partial charge in [0.15, 0.2) is 0 Å². The Morgan fingerprint density at radius 2 is 1.75 bits per heavy atom. The van der Waals surface area contributed by atoms with E-state index < -0.39 is 17.7 Å². The van der Waals surface area contributed by atoms with Crippen molar-refractivity contribution < 1.29 is 23.8 Å². The van der Waals surface area contributed by atoms with Crippen molar-refractivity contribution in [3.8, 4) is 5.75 Å². The average Bonchev–Trinajstić information content (AvgIpc) is 3.34. The summed E-state index contributed by atoms with van der Waals surface area (Å²) < 4.78 is 11.7. The number of aliphatic hydroxyl groups excluding tert-OH is 1. The van der Waals surface area contributed by atoms with Crippen LogP contribution in [0.1, 0.15) is 67.5 Å². The van der Waals surface area contributed by atoms with Crippen molar-refractivity contribution in [3.05, 3.63) is 87.9 Å². The summed E-state index contributed by atoms with van der Waals surface area (Å²) in [6, 6.07) is 13.7. The van der Waals surface area contributed by atoms with Gasteiger partial charge in [0.25, 0.3) is 11.7 Å². The summed E-state index contributed by atoms with van der Waals surface area (Å²) in [5.74, 6) is 0.0773. The first kappa shape index (κ1) is 25.3. The monoisotopic (exact) mass is 487 g/mol. The number of nitrogens with zero attached hydrogens (tertiary/aromatic N) is 1. The predicted octanol–water partition coefficient (Wildman–Crippen LogP) is 6.53. The highest BCUT2D eigenvalue weighted by Gasteiger charge is 2.48. The fourth-order valence-electron chi connectivity index (χ4n) is 4.73. The van der Waals surface area contributed by atoms with Crippen molar-refractivity contribution >= 4 is 23.1 Å². The number of benzene rings is 2. The molecule has 6 nitrogen and oxygen atoms in total. The molecule has 1 unspecified atom stereocenters. The number of aryl methyl sites for hydroxylation is 3. The van der Waals surface area contributed by atoms with Gasteiger partial charge in [-0.15, -0.1) is 0 Å². The molecule has 0 saturated carbocycles. The molecule has 1 atom stereocenters. The highest BCUT2D eigenvalue weighted by Crippen LogP contribution is 2.44. The maximum absolute atomic E-state index is 13.4. The normalized spacial score (nSPS) is 17.6. The molecule has 4 rings (SSSR count). The van der Waals surface area contributed by atoms with Crippen molar-refractivity contribution in [2.75, 3.05) is 11.5 Å². The number of aliphatic hydroxyl groups is 1. The summed E-state index contributed by atoms with van der Waals surface area (Å²) in [5.41, 5.74) is 3.55. The Bertz CT molecular complexity index is 1370. The molecule has 0 radical (unpaired) electrons. The van der Waals surface area contributed by atoms with E-state index in [-0.39, 0.29) is 16.7 Å². The van der Waals surface area contributed by atoms with Gasteiger partial charge in [-0.25, -0.2) is 0 Å². The topological polar surface area (TPSA) is 80.0 Å². The highest BCUT2D eigenvalue weighted by atomic mass is 16.5. The van der Waals surface area contributed by atoms with Gasteiger partial charge in [-0.2, -0.15) is 0 Å². The third-order valence-electron chi connectivity index (χ3n) is 6.45. The van der Waals surface area contributed by atoms with Crippen LogP contribution in [0.2, 0.25) is 0 Å². The van der Waals surface area contributed by atoms with Gasteiger partial charge < -0.3 is 14.3 Å². The maximum Gasteiger partial charge on any atom is 0.300 e. The van der Waals surface area contributed by atoms with Crippen molar-refractivity contribution in [1.82, 2.24) is 0 Å². The lowest BCUT2D eigenvalue weighted by atomic mass is 9.84. The third kappa shape index (κ3) is 4.43. The number of amides is 1. The molecule has 1 fully saturated rings. The van der Waals surface area contributed by atoms with E-state index in [4.69, 9.17) is 9.15 Å². The molecular weight excluding hydrogens is 454 g/mol. The minimum absolute atomic E-state index is 0.00153. The van der Waals surface area contributed by atoms with Crippen LogP contribution in [0.4, 0.5) is 5.69 Å². The quantitative estimate of drug-likeness (QED) is 0.251. The average molecular weight is 488 g/mol. The van der Waals surface area contributed by atoms with Crippen LogP contribution >= 0.6 is 0 Å². The van der Waals surface area contributed by atoms with Gasteiger partial charge in [0.05, 0.1) is 12.2 Å². The van der Waals surface area contributed by atoms with E-state index in [1.165, 1.54) is 4.90 Å². The third-order valence-corrected chi connectivity index (χ3v) is 6.45. The lowest BCUT2D eigenvalue weighted by Crippen LogP contribution is -2.30.